The van der Waals surface area contributed by atoms with Gasteiger partial charge in [0.1, 0.15) is 5.65 Å². The van der Waals surface area contributed by atoms with E-state index >= 15 is 0 Å². The molecular formula is C13H15N3O3. The van der Waals surface area contributed by atoms with E-state index < -0.39 is 17.3 Å². The minimum Gasteiger partial charge on any atom is -0.493 e. The van der Waals surface area contributed by atoms with Crippen LogP contribution >= 0.6 is 0 Å². The summed E-state index contributed by atoms with van der Waals surface area (Å²) in [6.45, 7) is 4.30. The Morgan fingerprint density at radius 3 is 2.89 bits per heavy atom. The molecule has 19 heavy (non-hydrogen) atoms. The molecule has 0 bridgehead atoms. The number of hydrogen-bond acceptors (Lipinski definition) is 4. The average Bonchev–Trinajstić information content (AvgIpc) is 2.36. The Labute approximate surface area is 109 Å². The predicted molar refractivity (Wildman–Crippen MR) is 70.3 cm³/mol. The van der Waals surface area contributed by atoms with Gasteiger partial charge in [-0.3, -0.25) is 14.0 Å². The fraction of sp³-hybridized carbons (Fsp3) is 0.308. The lowest BCUT2D eigenvalue weighted by Crippen LogP contribution is -2.33. The van der Waals surface area contributed by atoms with Crippen LogP contribution in [0.1, 0.15) is 24.2 Å². The van der Waals surface area contributed by atoms with Crippen LogP contribution in [0.3, 0.4) is 0 Å². The van der Waals surface area contributed by atoms with Crippen molar-refractivity contribution in [3.8, 4) is 5.88 Å². The maximum absolute atomic E-state index is 12.1. The second-order valence-corrected chi connectivity index (χ2v) is 4.65. The molecule has 0 aliphatic rings. The minimum atomic E-state index is -0.609. The van der Waals surface area contributed by atoms with Crippen molar-refractivity contribution in [2.24, 2.45) is 5.92 Å². The lowest BCUT2D eigenvalue weighted by atomic mass is 10.2. The zero-order valence-corrected chi connectivity index (χ0v) is 10.8. The van der Waals surface area contributed by atoms with Crippen molar-refractivity contribution in [1.29, 1.82) is 0 Å². The molecule has 6 nitrogen and oxygen atoms in total. The molecule has 2 rings (SSSR count). The Kier molecular flexibility index (Phi) is 3.50. The zero-order valence-electron chi connectivity index (χ0n) is 10.8. The summed E-state index contributed by atoms with van der Waals surface area (Å²) in [5.74, 6) is -0.901. The Bertz CT molecular complexity index is 676. The molecule has 2 aromatic heterocycles. The Balaban J connectivity index is 2.49. The predicted octanol–water partition coefficient (Wildman–Crippen LogP) is 0.786. The largest absolute Gasteiger partial charge is 0.493 e. The summed E-state index contributed by atoms with van der Waals surface area (Å²) < 4.78 is 1.23. The van der Waals surface area contributed by atoms with E-state index in [2.05, 4.69) is 10.3 Å². The van der Waals surface area contributed by atoms with E-state index in [0.717, 1.165) is 0 Å². The molecule has 0 aliphatic heterocycles. The highest BCUT2D eigenvalue weighted by Crippen LogP contribution is 2.10. The highest BCUT2D eigenvalue weighted by atomic mass is 16.3. The van der Waals surface area contributed by atoms with Gasteiger partial charge in [-0.25, -0.2) is 0 Å². The third-order valence-electron chi connectivity index (χ3n) is 2.61. The lowest BCUT2D eigenvalue weighted by Gasteiger charge is -2.09. The van der Waals surface area contributed by atoms with Crippen LogP contribution in [0.15, 0.2) is 29.2 Å². The molecule has 2 heterocycles. The Hall–Kier alpha value is -2.37. The highest BCUT2D eigenvalue weighted by molar-refractivity contribution is 5.96. The van der Waals surface area contributed by atoms with Gasteiger partial charge in [-0.1, -0.05) is 19.9 Å². The minimum absolute atomic E-state index is 0.252. The number of aromatic nitrogens is 2. The fourth-order valence-corrected chi connectivity index (χ4v) is 1.66. The quantitative estimate of drug-likeness (QED) is 0.855. The van der Waals surface area contributed by atoms with Gasteiger partial charge >= 0.3 is 0 Å². The van der Waals surface area contributed by atoms with Crippen LogP contribution in [0.25, 0.3) is 5.65 Å². The molecule has 6 heteroatoms. The topological polar surface area (TPSA) is 83.7 Å². The molecule has 1 amide bonds. The summed E-state index contributed by atoms with van der Waals surface area (Å²) in [7, 11) is 0. The first-order chi connectivity index (χ1) is 9.00. The van der Waals surface area contributed by atoms with Crippen molar-refractivity contribution < 1.29 is 9.90 Å². The number of carbonyl (C=O) groups is 1. The third-order valence-corrected chi connectivity index (χ3v) is 2.61. The van der Waals surface area contributed by atoms with Crippen LogP contribution in [0.2, 0.25) is 0 Å². The standard InChI is InChI=1S/C13H15N3O3/c1-8(2)7-14-11(17)10-12(18)15-9-5-3-4-6-16(9)13(10)19/h3-6,8,18H,7H2,1-2H3,(H,14,17). The van der Waals surface area contributed by atoms with Gasteiger partial charge in [0.15, 0.2) is 5.56 Å². The number of rotatable bonds is 3. The normalized spacial score (nSPS) is 10.9. The van der Waals surface area contributed by atoms with E-state index in [1.54, 1.807) is 18.2 Å². The first-order valence-electron chi connectivity index (χ1n) is 5.99. The van der Waals surface area contributed by atoms with E-state index in [1.165, 1.54) is 10.6 Å². The van der Waals surface area contributed by atoms with Gasteiger partial charge < -0.3 is 10.4 Å². The van der Waals surface area contributed by atoms with Crippen LogP contribution in [-0.2, 0) is 0 Å². The number of aromatic hydroxyl groups is 1. The molecule has 2 aromatic rings. The van der Waals surface area contributed by atoms with Crippen LogP contribution in [-0.4, -0.2) is 26.9 Å². The van der Waals surface area contributed by atoms with Crippen LogP contribution in [0.4, 0.5) is 0 Å². The van der Waals surface area contributed by atoms with Crippen molar-refractivity contribution in [2.45, 2.75) is 13.8 Å². The molecule has 0 spiro atoms. The molecule has 0 radical (unpaired) electrons. The first-order valence-corrected chi connectivity index (χ1v) is 5.99. The second-order valence-electron chi connectivity index (χ2n) is 4.65. The SMILES string of the molecule is CC(C)CNC(=O)c1c(O)nc2ccccn2c1=O. The summed E-state index contributed by atoms with van der Waals surface area (Å²) in [5.41, 5.74) is -0.612. The summed E-state index contributed by atoms with van der Waals surface area (Å²) in [5, 5.41) is 12.3. The Morgan fingerprint density at radius 2 is 2.21 bits per heavy atom. The molecule has 0 aliphatic carbocycles. The number of amides is 1. The van der Waals surface area contributed by atoms with E-state index in [0.29, 0.717) is 12.2 Å². The van der Waals surface area contributed by atoms with Crippen molar-refractivity contribution in [3.63, 3.8) is 0 Å². The van der Waals surface area contributed by atoms with Crippen molar-refractivity contribution >= 4 is 11.6 Å². The lowest BCUT2D eigenvalue weighted by molar-refractivity contribution is 0.0944. The average molecular weight is 261 g/mol. The molecule has 2 N–H and O–H groups in total. The van der Waals surface area contributed by atoms with Gasteiger partial charge in [-0.05, 0) is 18.1 Å². The van der Waals surface area contributed by atoms with Gasteiger partial charge in [0.05, 0.1) is 0 Å². The summed E-state index contributed by atoms with van der Waals surface area (Å²) in [6.07, 6.45) is 1.50. The first kappa shape index (κ1) is 13.1. The second kappa shape index (κ2) is 5.09. The van der Waals surface area contributed by atoms with E-state index in [9.17, 15) is 14.7 Å². The third kappa shape index (κ3) is 2.57. The van der Waals surface area contributed by atoms with Gasteiger partial charge in [-0.2, -0.15) is 4.98 Å². The van der Waals surface area contributed by atoms with Gasteiger partial charge in [-0.15, -0.1) is 0 Å². The molecule has 0 saturated heterocycles. The number of nitrogens with one attached hydrogen (secondary N) is 1. The van der Waals surface area contributed by atoms with Gasteiger partial charge in [0, 0.05) is 12.7 Å². The highest BCUT2D eigenvalue weighted by Gasteiger charge is 2.19. The van der Waals surface area contributed by atoms with E-state index in [-0.39, 0.29) is 11.5 Å². The fourth-order valence-electron chi connectivity index (χ4n) is 1.66. The monoisotopic (exact) mass is 261 g/mol. The van der Waals surface area contributed by atoms with Crippen LogP contribution < -0.4 is 10.9 Å². The molecule has 0 atom stereocenters. The van der Waals surface area contributed by atoms with Crippen LogP contribution in [0.5, 0.6) is 5.88 Å². The number of fused-ring (bicyclic) bond motifs is 1. The molecular weight excluding hydrogens is 246 g/mol. The number of pyridine rings is 1. The smallest absolute Gasteiger partial charge is 0.274 e. The molecule has 0 fully saturated rings. The van der Waals surface area contributed by atoms with Gasteiger partial charge in [0.25, 0.3) is 11.5 Å². The summed E-state index contributed by atoms with van der Waals surface area (Å²) >= 11 is 0. The molecule has 0 saturated carbocycles. The zero-order chi connectivity index (χ0) is 14.0. The van der Waals surface area contributed by atoms with Gasteiger partial charge in [0.2, 0.25) is 5.88 Å². The number of carbonyl (C=O) groups excluding carboxylic acids is 1. The Morgan fingerprint density at radius 1 is 1.47 bits per heavy atom. The van der Waals surface area contributed by atoms with Crippen molar-refractivity contribution in [3.05, 3.63) is 40.3 Å². The van der Waals surface area contributed by atoms with Crippen molar-refractivity contribution in [1.82, 2.24) is 14.7 Å². The number of nitrogens with zero attached hydrogens (tertiary/aromatic N) is 2. The maximum Gasteiger partial charge on any atom is 0.274 e. The summed E-state index contributed by atoms with van der Waals surface area (Å²) in [6, 6.07) is 4.93. The van der Waals surface area contributed by atoms with E-state index in [4.69, 9.17) is 0 Å². The maximum atomic E-state index is 12.1. The molecule has 0 aromatic carbocycles. The molecule has 100 valence electrons. The number of hydrogen-bond donors (Lipinski definition) is 2. The van der Waals surface area contributed by atoms with Crippen molar-refractivity contribution in [2.75, 3.05) is 6.54 Å². The van der Waals surface area contributed by atoms with Crippen LogP contribution in [0, 0.1) is 5.92 Å². The molecule has 0 unspecified atom stereocenters. The summed E-state index contributed by atoms with van der Waals surface area (Å²) in [4.78, 5) is 27.9. The van der Waals surface area contributed by atoms with E-state index in [1.807, 2.05) is 13.8 Å².